The predicted octanol–water partition coefficient (Wildman–Crippen LogP) is 4.09. The minimum absolute atomic E-state index is 0.0228. The summed E-state index contributed by atoms with van der Waals surface area (Å²) in [5.41, 5.74) is 1.77. The van der Waals surface area contributed by atoms with Crippen molar-refractivity contribution in [3.8, 4) is 11.5 Å². The highest BCUT2D eigenvalue weighted by Crippen LogP contribution is 2.38. The summed E-state index contributed by atoms with van der Waals surface area (Å²) in [6.45, 7) is 3.89. The highest BCUT2D eigenvalue weighted by Gasteiger charge is 2.32. The number of aromatic hydroxyl groups is 1. The van der Waals surface area contributed by atoms with Crippen LogP contribution in [0.4, 0.5) is 0 Å². The summed E-state index contributed by atoms with van der Waals surface area (Å²) in [5, 5.41) is 10.9. The summed E-state index contributed by atoms with van der Waals surface area (Å²) >= 11 is 0. The van der Waals surface area contributed by atoms with Gasteiger partial charge >= 0.3 is 0 Å². The van der Waals surface area contributed by atoms with E-state index < -0.39 is 0 Å². The number of hydrogen-bond donors (Lipinski definition) is 1. The molecule has 0 unspecified atom stereocenters. The number of aryl methyl sites for hydroxylation is 1. The van der Waals surface area contributed by atoms with Crippen molar-refractivity contribution < 1.29 is 14.3 Å². The Kier molecular flexibility index (Phi) is 5.95. The molecule has 0 aliphatic carbocycles. The quantitative estimate of drug-likeness (QED) is 0.665. The van der Waals surface area contributed by atoms with Gasteiger partial charge in [0.25, 0.3) is 5.56 Å². The SMILES string of the molecule is COc1ccccc1[C@@H](c1c(O)cc(C)n(Cc2ccco2)c1=O)N1CCCCC1. The summed E-state index contributed by atoms with van der Waals surface area (Å²) < 4.78 is 12.8. The second-order valence-electron chi connectivity index (χ2n) is 7.80. The van der Waals surface area contributed by atoms with Gasteiger partial charge in [0.1, 0.15) is 17.3 Å². The van der Waals surface area contributed by atoms with E-state index in [1.807, 2.05) is 43.3 Å². The van der Waals surface area contributed by atoms with Crippen LogP contribution in [0.25, 0.3) is 0 Å². The molecule has 1 fully saturated rings. The van der Waals surface area contributed by atoms with Gasteiger partial charge in [-0.2, -0.15) is 0 Å². The van der Waals surface area contributed by atoms with Gasteiger partial charge in [0.15, 0.2) is 0 Å². The van der Waals surface area contributed by atoms with Crippen molar-refractivity contribution in [1.29, 1.82) is 0 Å². The Bertz CT molecular complexity index is 1050. The summed E-state index contributed by atoms with van der Waals surface area (Å²) in [6.07, 6.45) is 4.91. The van der Waals surface area contributed by atoms with Gasteiger partial charge in [-0.3, -0.25) is 9.69 Å². The molecule has 1 aliphatic rings. The fraction of sp³-hybridized carbons (Fsp3) is 0.375. The minimum Gasteiger partial charge on any atom is -0.507 e. The second kappa shape index (κ2) is 8.79. The largest absolute Gasteiger partial charge is 0.507 e. The summed E-state index contributed by atoms with van der Waals surface area (Å²) in [4.78, 5) is 16.0. The summed E-state index contributed by atoms with van der Waals surface area (Å²) in [6, 6.07) is 12.7. The summed E-state index contributed by atoms with van der Waals surface area (Å²) in [7, 11) is 1.64. The lowest BCUT2D eigenvalue weighted by Crippen LogP contribution is -2.39. The van der Waals surface area contributed by atoms with Gasteiger partial charge in [0.2, 0.25) is 0 Å². The Balaban J connectivity index is 1.89. The molecule has 30 heavy (non-hydrogen) atoms. The number of ether oxygens (including phenoxy) is 1. The van der Waals surface area contributed by atoms with Crippen LogP contribution in [0.1, 0.15) is 47.9 Å². The van der Waals surface area contributed by atoms with Crippen LogP contribution in [-0.4, -0.2) is 34.8 Å². The average Bonchev–Trinajstić information content (AvgIpc) is 3.28. The number of aromatic nitrogens is 1. The minimum atomic E-state index is -0.377. The molecule has 1 atom stereocenters. The Morgan fingerprint density at radius 1 is 1.13 bits per heavy atom. The first kappa shape index (κ1) is 20.3. The zero-order valence-corrected chi connectivity index (χ0v) is 17.5. The molecular formula is C24H28N2O4. The highest BCUT2D eigenvalue weighted by molar-refractivity contribution is 5.46. The number of pyridine rings is 1. The molecule has 1 aromatic carbocycles. The van der Waals surface area contributed by atoms with Gasteiger partial charge in [0, 0.05) is 11.3 Å². The Morgan fingerprint density at radius 2 is 1.90 bits per heavy atom. The number of likely N-dealkylation sites (tertiary alicyclic amines) is 1. The third kappa shape index (κ3) is 3.87. The maximum absolute atomic E-state index is 13.7. The zero-order valence-electron chi connectivity index (χ0n) is 17.5. The van der Waals surface area contributed by atoms with Crippen LogP contribution in [0.2, 0.25) is 0 Å². The van der Waals surface area contributed by atoms with Gasteiger partial charge in [-0.15, -0.1) is 0 Å². The maximum atomic E-state index is 13.7. The third-order valence-corrected chi connectivity index (χ3v) is 5.88. The Labute approximate surface area is 176 Å². The third-order valence-electron chi connectivity index (χ3n) is 5.88. The van der Waals surface area contributed by atoms with Crippen molar-refractivity contribution >= 4 is 0 Å². The van der Waals surface area contributed by atoms with Crippen LogP contribution in [-0.2, 0) is 6.54 Å². The second-order valence-corrected chi connectivity index (χ2v) is 7.80. The molecule has 6 heteroatoms. The van der Waals surface area contributed by atoms with Crippen molar-refractivity contribution in [2.45, 2.75) is 38.8 Å². The van der Waals surface area contributed by atoms with Crippen molar-refractivity contribution in [1.82, 2.24) is 9.47 Å². The number of para-hydroxylation sites is 1. The molecule has 3 heterocycles. The van der Waals surface area contributed by atoms with Crippen molar-refractivity contribution in [2.75, 3.05) is 20.2 Å². The molecule has 4 rings (SSSR count). The number of furan rings is 1. The van der Waals surface area contributed by atoms with Crippen LogP contribution in [0.15, 0.2) is 57.9 Å². The molecule has 158 valence electrons. The van der Waals surface area contributed by atoms with Crippen LogP contribution >= 0.6 is 0 Å². The first-order chi connectivity index (χ1) is 14.6. The van der Waals surface area contributed by atoms with E-state index in [2.05, 4.69) is 4.90 Å². The highest BCUT2D eigenvalue weighted by atomic mass is 16.5. The number of benzene rings is 1. The Hall–Kier alpha value is -2.99. The van der Waals surface area contributed by atoms with E-state index >= 15 is 0 Å². The van der Waals surface area contributed by atoms with Crippen molar-refractivity contribution in [2.24, 2.45) is 0 Å². The monoisotopic (exact) mass is 408 g/mol. The van der Waals surface area contributed by atoms with Crippen LogP contribution in [0.3, 0.4) is 0 Å². The molecule has 0 spiro atoms. The Morgan fingerprint density at radius 3 is 2.60 bits per heavy atom. The standard InChI is InChI=1S/C24H28N2O4/c1-17-15-20(27)22(24(28)26(17)16-18-9-8-14-30-18)23(25-12-6-3-7-13-25)19-10-4-5-11-21(19)29-2/h4-5,8-11,14-15,23,27H,3,6-7,12-13,16H2,1-2H3/t23-/m0/s1. The van der Waals surface area contributed by atoms with Gasteiger partial charge in [-0.1, -0.05) is 24.6 Å². The van der Waals surface area contributed by atoms with E-state index in [1.165, 1.54) is 6.42 Å². The van der Waals surface area contributed by atoms with E-state index in [1.54, 1.807) is 24.0 Å². The number of hydrogen-bond acceptors (Lipinski definition) is 5. The van der Waals surface area contributed by atoms with E-state index in [4.69, 9.17) is 9.15 Å². The van der Waals surface area contributed by atoms with Gasteiger partial charge in [-0.05, 0) is 57.1 Å². The number of nitrogens with zero attached hydrogens (tertiary/aromatic N) is 2. The molecule has 0 radical (unpaired) electrons. The molecule has 1 aliphatic heterocycles. The lowest BCUT2D eigenvalue weighted by Gasteiger charge is -2.36. The molecule has 0 bridgehead atoms. The average molecular weight is 408 g/mol. The number of rotatable bonds is 6. The number of piperidine rings is 1. The van der Waals surface area contributed by atoms with Crippen LogP contribution in [0, 0.1) is 6.92 Å². The topological polar surface area (TPSA) is 67.8 Å². The van der Waals surface area contributed by atoms with Gasteiger partial charge < -0.3 is 18.8 Å². The fourth-order valence-corrected chi connectivity index (χ4v) is 4.38. The van der Waals surface area contributed by atoms with E-state index in [-0.39, 0.29) is 17.4 Å². The van der Waals surface area contributed by atoms with E-state index in [0.29, 0.717) is 29.3 Å². The van der Waals surface area contributed by atoms with Crippen molar-refractivity contribution in [3.05, 3.63) is 81.7 Å². The normalized spacial score (nSPS) is 15.8. The molecule has 2 aromatic heterocycles. The fourth-order valence-electron chi connectivity index (χ4n) is 4.38. The zero-order chi connectivity index (χ0) is 21.1. The van der Waals surface area contributed by atoms with Crippen molar-refractivity contribution in [3.63, 3.8) is 0 Å². The molecule has 1 saturated heterocycles. The van der Waals surface area contributed by atoms with E-state index in [0.717, 1.165) is 31.5 Å². The maximum Gasteiger partial charge on any atom is 0.260 e. The molecule has 1 N–H and O–H groups in total. The van der Waals surface area contributed by atoms with Crippen LogP contribution < -0.4 is 10.3 Å². The molecular weight excluding hydrogens is 380 g/mol. The van der Waals surface area contributed by atoms with Gasteiger partial charge in [0.05, 0.1) is 31.5 Å². The van der Waals surface area contributed by atoms with Crippen LogP contribution in [0.5, 0.6) is 11.5 Å². The molecule has 3 aromatic rings. The number of methoxy groups -OCH3 is 1. The first-order valence-electron chi connectivity index (χ1n) is 10.4. The lowest BCUT2D eigenvalue weighted by atomic mass is 9.94. The van der Waals surface area contributed by atoms with Gasteiger partial charge in [-0.25, -0.2) is 0 Å². The molecule has 6 nitrogen and oxygen atoms in total. The van der Waals surface area contributed by atoms with E-state index in [9.17, 15) is 9.90 Å². The lowest BCUT2D eigenvalue weighted by molar-refractivity contribution is 0.180. The summed E-state index contributed by atoms with van der Waals surface area (Å²) in [5.74, 6) is 1.43. The first-order valence-corrected chi connectivity index (χ1v) is 10.4. The smallest absolute Gasteiger partial charge is 0.260 e. The molecule has 0 amide bonds. The molecule has 0 saturated carbocycles. The predicted molar refractivity (Wildman–Crippen MR) is 115 cm³/mol.